The molecule has 7 nitrogen and oxygen atoms in total. The summed E-state index contributed by atoms with van der Waals surface area (Å²) in [5, 5.41) is 0.425. The normalized spacial score (nSPS) is 10.4. The second-order valence-electron chi connectivity index (χ2n) is 3.97. The van der Waals surface area contributed by atoms with Crippen molar-refractivity contribution in [2.75, 3.05) is 5.43 Å². The van der Waals surface area contributed by atoms with E-state index in [1.807, 2.05) is 0 Å². The Labute approximate surface area is 112 Å². The number of benzene rings is 1. The number of aromatic nitrogens is 4. The van der Waals surface area contributed by atoms with Gasteiger partial charge in [0.25, 0.3) is 11.5 Å². The van der Waals surface area contributed by atoms with E-state index in [1.165, 1.54) is 24.9 Å². The molecule has 20 heavy (non-hydrogen) atoms. The van der Waals surface area contributed by atoms with Gasteiger partial charge in [-0.25, -0.2) is 14.6 Å². The molecule has 0 saturated heterocycles. The number of hydrogen-bond acceptors (Lipinski definition) is 5. The van der Waals surface area contributed by atoms with E-state index in [0.717, 1.165) is 4.68 Å². The SMILES string of the molecule is O=C(Nn1cnc2ccccc2c1=O)c1cnccn1. The molecule has 0 spiro atoms. The highest BCUT2D eigenvalue weighted by atomic mass is 16.2. The molecule has 0 unspecified atom stereocenters. The summed E-state index contributed by atoms with van der Waals surface area (Å²) >= 11 is 0. The number of nitrogens with one attached hydrogen (secondary N) is 1. The molecular formula is C13H9N5O2. The molecule has 1 amide bonds. The lowest BCUT2D eigenvalue weighted by molar-refractivity contribution is 0.100. The van der Waals surface area contributed by atoms with E-state index >= 15 is 0 Å². The molecule has 0 aliphatic heterocycles. The van der Waals surface area contributed by atoms with Gasteiger partial charge in [0, 0.05) is 12.4 Å². The number of fused-ring (bicyclic) bond motifs is 1. The minimum Gasteiger partial charge on any atom is -0.267 e. The molecule has 0 atom stereocenters. The van der Waals surface area contributed by atoms with Crippen LogP contribution in [-0.4, -0.2) is 25.5 Å². The van der Waals surface area contributed by atoms with Gasteiger partial charge in [0.1, 0.15) is 12.0 Å². The predicted octanol–water partition coefficient (Wildman–Crippen LogP) is 0.570. The molecule has 0 bridgehead atoms. The van der Waals surface area contributed by atoms with Gasteiger partial charge in [-0.15, -0.1) is 0 Å². The minimum absolute atomic E-state index is 0.118. The first-order valence-electron chi connectivity index (χ1n) is 5.79. The van der Waals surface area contributed by atoms with Crippen LogP contribution in [0.5, 0.6) is 0 Å². The van der Waals surface area contributed by atoms with Crippen molar-refractivity contribution in [1.82, 2.24) is 19.6 Å². The first-order chi connectivity index (χ1) is 9.75. The van der Waals surface area contributed by atoms with Crippen LogP contribution in [0.15, 0.2) is 54.0 Å². The first-order valence-corrected chi connectivity index (χ1v) is 5.79. The summed E-state index contributed by atoms with van der Waals surface area (Å²) in [6.07, 6.45) is 5.44. The fourth-order valence-electron chi connectivity index (χ4n) is 1.73. The molecule has 1 N–H and O–H groups in total. The average Bonchev–Trinajstić information content (AvgIpc) is 2.51. The quantitative estimate of drug-likeness (QED) is 0.733. The van der Waals surface area contributed by atoms with E-state index in [2.05, 4.69) is 20.4 Å². The highest BCUT2D eigenvalue weighted by Gasteiger charge is 2.09. The summed E-state index contributed by atoms with van der Waals surface area (Å²) in [5.41, 5.74) is 2.75. The molecule has 2 heterocycles. The molecule has 0 fully saturated rings. The van der Waals surface area contributed by atoms with E-state index in [1.54, 1.807) is 24.3 Å². The molecule has 0 radical (unpaired) electrons. The van der Waals surface area contributed by atoms with Crippen LogP contribution in [0.3, 0.4) is 0 Å². The van der Waals surface area contributed by atoms with Gasteiger partial charge in [-0.05, 0) is 12.1 Å². The van der Waals surface area contributed by atoms with Crippen LogP contribution in [0, 0.1) is 0 Å². The van der Waals surface area contributed by atoms with Gasteiger partial charge in [0.15, 0.2) is 0 Å². The van der Waals surface area contributed by atoms with Crippen LogP contribution < -0.4 is 11.0 Å². The Morgan fingerprint density at radius 2 is 2.00 bits per heavy atom. The third-order valence-electron chi connectivity index (χ3n) is 2.68. The minimum atomic E-state index is -0.530. The molecule has 3 rings (SSSR count). The van der Waals surface area contributed by atoms with Gasteiger partial charge < -0.3 is 0 Å². The summed E-state index contributed by atoms with van der Waals surface area (Å²) in [6.45, 7) is 0. The number of rotatable bonds is 2. The number of para-hydroxylation sites is 1. The Hall–Kier alpha value is -3.09. The largest absolute Gasteiger partial charge is 0.290 e. The molecule has 3 aromatic rings. The van der Waals surface area contributed by atoms with Gasteiger partial charge in [-0.1, -0.05) is 12.1 Å². The fraction of sp³-hybridized carbons (Fsp3) is 0. The molecule has 1 aromatic carbocycles. The van der Waals surface area contributed by atoms with Crippen LogP contribution in [0.2, 0.25) is 0 Å². The second kappa shape index (κ2) is 4.88. The number of carbonyl (C=O) groups is 1. The Kier molecular flexibility index (Phi) is 2.92. The maximum atomic E-state index is 12.2. The number of hydrogen-bond donors (Lipinski definition) is 1. The van der Waals surface area contributed by atoms with Crippen molar-refractivity contribution in [3.63, 3.8) is 0 Å². The van der Waals surface area contributed by atoms with Crippen molar-refractivity contribution in [1.29, 1.82) is 0 Å². The van der Waals surface area contributed by atoms with Crippen LogP contribution in [0.4, 0.5) is 0 Å². The van der Waals surface area contributed by atoms with Gasteiger partial charge in [0.2, 0.25) is 0 Å². The molecule has 7 heteroatoms. The highest BCUT2D eigenvalue weighted by Crippen LogP contribution is 2.04. The lowest BCUT2D eigenvalue weighted by atomic mass is 10.2. The van der Waals surface area contributed by atoms with Crippen molar-refractivity contribution < 1.29 is 4.79 Å². The molecule has 2 aromatic heterocycles. The highest BCUT2D eigenvalue weighted by molar-refractivity contribution is 5.98. The van der Waals surface area contributed by atoms with E-state index in [0.29, 0.717) is 10.9 Å². The number of amides is 1. The third kappa shape index (κ3) is 2.12. The van der Waals surface area contributed by atoms with Crippen molar-refractivity contribution in [2.24, 2.45) is 0 Å². The molecule has 0 aliphatic rings. The Balaban J connectivity index is 1.98. The summed E-state index contributed by atoms with van der Waals surface area (Å²) in [7, 11) is 0. The fourth-order valence-corrected chi connectivity index (χ4v) is 1.73. The maximum absolute atomic E-state index is 12.2. The topological polar surface area (TPSA) is 89.8 Å². The van der Waals surface area contributed by atoms with Gasteiger partial charge >= 0.3 is 0 Å². The van der Waals surface area contributed by atoms with Crippen molar-refractivity contribution in [3.8, 4) is 0 Å². The first kappa shape index (κ1) is 12.0. The average molecular weight is 267 g/mol. The van der Waals surface area contributed by atoms with Gasteiger partial charge in [-0.2, -0.15) is 0 Å². The molecule has 0 saturated carbocycles. The Bertz CT molecular complexity index is 829. The molecule has 98 valence electrons. The summed E-state index contributed by atoms with van der Waals surface area (Å²) in [6, 6.07) is 6.90. The predicted molar refractivity (Wildman–Crippen MR) is 71.7 cm³/mol. The number of nitrogens with zero attached hydrogens (tertiary/aromatic N) is 4. The lowest BCUT2D eigenvalue weighted by Gasteiger charge is -2.07. The molecular weight excluding hydrogens is 258 g/mol. The van der Waals surface area contributed by atoms with Gasteiger partial charge in [0.05, 0.1) is 17.1 Å². The van der Waals surface area contributed by atoms with Gasteiger partial charge in [-0.3, -0.25) is 20.0 Å². The maximum Gasteiger partial charge on any atom is 0.290 e. The number of carbonyl (C=O) groups excluding carboxylic acids is 1. The van der Waals surface area contributed by atoms with Crippen LogP contribution in [0.25, 0.3) is 10.9 Å². The lowest BCUT2D eigenvalue weighted by Crippen LogP contribution is -2.33. The second-order valence-corrected chi connectivity index (χ2v) is 3.97. The zero-order valence-electron chi connectivity index (χ0n) is 10.2. The zero-order valence-corrected chi connectivity index (χ0v) is 10.2. The van der Waals surface area contributed by atoms with E-state index in [9.17, 15) is 9.59 Å². The zero-order chi connectivity index (χ0) is 13.9. The summed E-state index contributed by atoms with van der Waals surface area (Å²) in [5.74, 6) is -0.530. The van der Waals surface area contributed by atoms with Crippen molar-refractivity contribution >= 4 is 16.8 Å². The van der Waals surface area contributed by atoms with E-state index in [-0.39, 0.29) is 11.3 Å². The van der Waals surface area contributed by atoms with Crippen LogP contribution >= 0.6 is 0 Å². The summed E-state index contributed by atoms with van der Waals surface area (Å²) in [4.78, 5) is 35.8. The Morgan fingerprint density at radius 1 is 1.15 bits per heavy atom. The monoisotopic (exact) mass is 267 g/mol. The standard InChI is InChI=1S/C13H9N5O2/c19-12(11-7-14-5-6-15-11)17-18-8-16-10-4-2-1-3-9(10)13(18)20/h1-8H,(H,17,19). The smallest absolute Gasteiger partial charge is 0.267 e. The van der Waals surface area contributed by atoms with E-state index in [4.69, 9.17) is 0 Å². The van der Waals surface area contributed by atoms with E-state index < -0.39 is 5.91 Å². The van der Waals surface area contributed by atoms with Crippen molar-refractivity contribution in [3.05, 3.63) is 65.2 Å². The van der Waals surface area contributed by atoms with Crippen molar-refractivity contribution in [2.45, 2.75) is 0 Å². The Morgan fingerprint density at radius 3 is 2.80 bits per heavy atom. The summed E-state index contributed by atoms with van der Waals surface area (Å²) < 4.78 is 1.03. The molecule has 0 aliphatic carbocycles. The third-order valence-corrected chi connectivity index (χ3v) is 2.68. The van der Waals surface area contributed by atoms with Crippen LogP contribution in [-0.2, 0) is 0 Å². The van der Waals surface area contributed by atoms with Crippen LogP contribution in [0.1, 0.15) is 10.5 Å².